The number of aromatic nitrogens is 1. The SMILES string of the molecule is O=C(NC1CC1)c1cc(Oc2cccc(NC(=S)Nc3ccc(Cl)c(C(F)(F)F)c3)c2)ccn1. The van der Waals surface area contributed by atoms with Gasteiger partial charge in [0.1, 0.15) is 17.2 Å². The van der Waals surface area contributed by atoms with Crippen molar-refractivity contribution in [3.05, 3.63) is 77.1 Å². The first-order valence-electron chi connectivity index (χ1n) is 10.2. The second-order valence-electron chi connectivity index (χ2n) is 7.53. The number of rotatable bonds is 6. The first kappa shape index (κ1) is 23.8. The normalized spacial score (nSPS) is 13.2. The lowest BCUT2D eigenvalue weighted by molar-refractivity contribution is -0.137. The molecular weight excluding hydrogens is 489 g/mol. The Balaban J connectivity index is 1.40. The van der Waals surface area contributed by atoms with E-state index in [1.54, 1.807) is 36.4 Å². The van der Waals surface area contributed by atoms with Crippen LogP contribution in [0.5, 0.6) is 11.5 Å². The summed E-state index contributed by atoms with van der Waals surface area (Å²) in [5.74, 6) is 0.628. The van der Waals surface area contributed by atoms with Crippen molar-refractivity contribution in [3.63, 3.8) is 0 Å². The van der Waals surface area contributed by atoms with Crippen LogP contribution in [0, 0.1) is 0 Å². The Kier molecular flexibility index (Phi) is 6.90. The van der Waals surface area contributed by atoms with E-state index >= 15 is 0 Å². The zero-order valence-electron chi connectivity index (χ0n) is 17.4. The zero-order valence-corrected chi connectivity index (χ0v) is 19.0. The molecule has 4 rings (SSSR count). The summed E-state index contributed by atoms with van der Waals surface area (Å²) in [4.78, 5) is 16.3. The van der Waals surface area contributed by atoms with Gasteiger partial charge in [-0.15, -0.1) is 0 Å². The topological polar surface area (TPSA) is 75.3 Å². The van der Waals surface area contributed by atoms with Crippen LogP contribution in [-0.4, -0.2) is 22.0 Å². The molecule has 1 aliphatic rings. The molecule has 1 fully saturated rings. The second kappa shape index (κ2) is 9.86. The highest BCUT2D eigenvalue weighted by Crippen LogP contribution is 2.36. The van der Waals surface area contributed by atoms with Gasteiger partial charge in [-0.1, -0.05) is 17.7 Å². The van der Waals surface area contributed by atoms with E-state index < -0.39 is 16.8 Å². The van der Waals surface area contributed by atoms with Gasteiger partial charge in [-0.2, -0.15) is 13.2 Å². The van der Waals surface area contributed by atoms with E-state index in [1.807, 2.05) is 0 Å². The molecule has 0 aliphatic heterocycles. The number of benzene rings is 2. The van der Waals surface area contributed by atoms with Crippen LogP contribution in [0.4, 0.5) is 24.5 Å². The molecule has 176 valence electrons. The molecule has 3 N–H and O–H groups in total. The van der Waals surface area contributed by atoms with Gasteiger partial charge in [0.15, 0.2) is 5.11 Å². The highest BCUT2D eigenvalue weighted by Gasteiger charge is 2.33. The molecule has 0 saturated heterocycles. The number of carbonyl (C=O) groups is 1. The van der Waals surface area contributed by atoms with Gasteiger partial charge in [-0.05, 0) is 61.5 Å². The molecule has 3 aromatic rings. The molecular formula is C23H18ClF3N4O2S. The van der Waals surface area contributed by atoms with Gasteiger partial charge >= 0.3 is 6.18 Å². The van der Waals surface area contributed by atoms with E-state index in [1.165, 1.54) is 12.3 Å². The number of carbonyl (C=O) groups excluding carboxylic acids is 1. The maximum absolute atomic E-state index is 13.1. The largest absolute Gasteiger partial charge is 0.457 e. The van der Waals surface area contributed by atoms with Crippen LogP contribution in [0.3, 0.4) is 0 Å². The lowest BCUT2D eigenvalue weighted by atomic mass is 10.2. The van der Waals surface area contributed by atoms with Crippen molar-refractivity contribution in [1.82, 2.24) is 10.3 Å². The smallest absolute Gasteiger partial charge is 0.417 e. The maximum Gasteiger partial charge on any atom is 0.417 e. The van der Waals surface area contributed by atoms with E-state index in [-0.39, 0.29) is 28.4 Å². The predicted molar refractivity (Wildman–Crippen MR) is 128 cm³/mol. The van der Waals surface area contributed by atoms with Gasteiger partial charge < -0.3 is 20.7 Å². The fourth-order valence-electron chi connectivity index (χ4n) is 2.97. The molecule has 11 heteroatoms. The minimum absolute atomic E-state index is 0.0792. The summed E-state index contributed by atoms with van der Waals surface area (Å²) in [6, 6.07) is 13.6. The van der Waals surface area contributed by atoms with Crippen LogP contribution in [0.1, 0.15) is 28.9 Å². The summed E-state index contributed by atoms with van der Waals surface area (Å²) < 4.78 is 45.0. The first-order valence-corrected chi connectivity index (χ1v) is 11.0. The minimum atomic E-state index is -4.58. The number of ether oxygens (including phenoxy) is 1. The van der Waals surface area contributed by atoms with Crippen LogP contribution < -0.4 is 20.7 Å². The number of alkyl halides is 3. The minimum Gasteiger partial charge on any atom is -0.457 e. The molecule has 1 saturated carbocycles. The van der Waals surface area contributed by atoms with Crippen molar-refractivity contribution in [2.45, 2.75) is 25.1 Å². The van der Waals surface area contributed by atoms with Crippen LogP contribution >= 0.6 is 23.8 Å². The van der Waals surface area contributed by atoms with Crippen LogP contribution in [0.15, 0.2) is 60.8 Å². The van der Waals surface area contributed by atoms with Crippen molar-refractivity contribution >= 4 is 46.2 Å². The van der Waals surface area contributed by atoms with Crippen molar-refractivity contribution in [1.29, 1.82) is 0 Å². The predicted octanol–water partition coefficient (Wildman–Crippen LogP) is 6.25. The molecule has 0 bridgehead atoms. The number of anilines is 2. The van der Waals surface area contributed by atoms with Crippen molar-refractivity contribution in [2.75, 3.05) is 10.6 Å². The highest BCUT2D eigenvalue weighted by atomic mass is 35.5. The van der Waals surface area contributed by atoms with E-state index in [0.29, 0.717) is 17.2 Å². The van der Waals surface area contributed by atoms with Gasteiger partial charge in [0.05, 0.1) is 10.6 Å². The third-order valence-corrected chi connectivity index (χ3v) is 5.27. The molecule has 2 aromatic carbocycles. The lowest BCUT2D eigenvalue weighted by Gasteiger charge is -2.14. The maximum atomic E-state index is 13.1. The fourth-order valence-corrected chi connectivity index (χ4v) is 3.43. The first-order chi connectivity index (χ1) is 16.2. The monoisotopic (exact) mass is 506 g/mol. The molecule has 0 spiro atoms. The molecule has 1 aromatic heterocycles. The second-order valence-corrected chi connectivity index (χ2v) is 8.34. The number of hydrogen-bond acceptors (Lipinski definition) is 4. The van der Waals surface area contributed by atoms with Gasteiger partial charge in [0.25, 0.3) is 5.91 Å². The molecule has 0 radical (unpaired) electrons. The number of amides is 1. The van der Waals surface area contributed by atoms with Crippen LogP contribution in [0.2, 0.25) is 5.02 Å². The quantitative estimate of drug-likeness (QED) is 0.343. The molecule has 1 heterocycles. The summed E-state index contributed by atoms with van der Waals surface area (Å²) in [5.41, 5.74) is -0.0265. The summed E-state index contributed by atoms with van der Waals surface area (Å²) in [6.45, 7) is 0. The summed E-state index contributed by atoms with van der Waals surface area (Å²) >= 11 is 10.9. The number of thiocarbonyl (C=S) groups is 1. The molecule has 1 aliphatic carbocycles. The highest BCUT2D eigenvalue weighted by molar-refractivity contribution is 7.80. The van der Waals surface area contributed by atoms with E-state index in [9.17, 15) is 18.0 Å². The number of pyridine rings is 1. The van der Waals surface area contributed by atoms with Crippen molar-refractivity contribution in [3.8, 4) is 11.5 Å². The van der Waals surface area contributed by atoms with Crippen molar-refractivity contribution in [2.24, 2.45) is 0 Å². The Labute approximate surface area is 203 Å². The average Bonchev–Trinajstić information content (AvgIpc) is 3.59. The Morgan fingerprint density at radius 2 is 1.74 bits per heavy atom. The zero-order chi connectivity index (χ0) is 24.3. The Morgan fingerprint density at radius 1 is 1.03 bits per heavy atom. The molecule has 1 amide bonds. The summed E-state index contributed by atoms with van der Waals surface area (Å²) in [5, 5.41) is 8.16. The van der Waals surface area contributed by atoms with Gasteiger partial charge in [0, 0.05) is 35.7 Å². The molecule has 6 nitrogen and oxygen atoms in total. The Hall–Kier alpha value is -3.37. The number of halogens is 4. The number of nitrogens with one attached hydrogen (secondary N) is 3. The standard InChI is InChI=1S/C23H18ClF3N4O2S/c24-19-7-6-15(11-18(19)23(25,26)27)31-22(34)30-14-2-1-3-16(10-14)33-17-8-9-28-20(12-17)21(32)29-13-4-5-13/h1-3,6-13H,4-5H2,(H,29,32)(H2,30,31,34). The van der Waals surface area contributed by atoms with E-state index in [4.69, 9.17) is 28.6 Å². The summed E-state index contributed by atoms with van der Waals surface area (Å²) in [6.07, 6.45) is -1.15. The average molecular weight is 507 g/mol. The third kappa shape index (κ3) is 6.36. The molecule has 0 unspecified atom stereocenters. The van der Waals surface area contributed by atoms with Gasteiger partial charge in [-0.25, -0.2) is 0 Å². The van der Waals surface area contributed by atoms with Gasteiger partial charge in [-0.3, -0.25) is 9.78 Å². The molecule has 34 heavy (non-hydrogen) atoms. The number of hydrogen-bond donors (Lipinski definition) is 3. The Bertz CT molecular complexity index is 1230. The summed E-state index contributed by atoms with van der Waals surface area (Å²) in [7, 11) is 0. The molecule has 0 atom stereocenters. The third-order valence-electron chi connectivity index (χ3n) is 4.73. The van der Waals surface area contributed by atoms with E-state index in [0.717, 1.165) is 25.0 Å². The van der Waals surface area contributed by atoms with E-state index in [2.05, 4.69) is 20.9 Å². The fraction of sp³-hybridized carbons (Fsp3) is 0.174. The lowest BCUT2D eigenvalue weighted by Crippen LogP contribution is -2.26. The van der Waals surface area contributed by atoms with Crippen molar-refractivity contribution < 1.29 is 22.7 Å². The van der Waals surface area contributed by atoms with Gasteiger partial charge in [0.2, 0.25) is 0 Å². The van der Waals surface area contributed by atoms with Crippen LogP contribution in [0.25, 0.3) is 0 Å². The number of nitrogens with zero attached hydrogens (tertiary/aromatic N) is 1. The Morgan fingerprint density at radius 3 is 2.44 bits per heavy atom. The van der Waals surface area contributed by atoms with Crippen LogP contribution in [-0.2, 0) is 6.18 Å².